The Morgan fingerprint density at radius 3 is 2.24 bits per heavy atom. The monoisotopic (exact) mass is 466 g/mol. The molecule has 1 saturated heterocycles. The van der Waals surface area contributed by atoms with Crippen LogP contribution in [-0.4, -0.2) is 65.8 Å². The van der Waals surface area contributed by atoms with E-state index in [0.29, 0.717) is 6.42 Å². The molecule has 1 heterocycles. The molecule has 2 N–H and O–H groups in total. The fourth-order valence-electron chi connectivity index (χ4n) is 4.66. The number of nitrogens with zero attached hydrogens (tertiary/aromatic N) is 1. The van der Waals surface area contributed by atoms with Crippen molar-refractivity contribution in [2.75, 3.05) is 19.8 Å². The van der Waals surface area contributed by atoms with Gasteiger partial charge in [0.05, 0.1) is 6.61 Å². The molecule has 2 amide bonds. The van der Waals surface area contributed by atoms with Gasteiger partial charge in [-0.3, -0.25) is 10.1 Å². The zero-order chi connectivity index (χ0) is 24.2. The van der Waals surface area contributed by atoms with Gasteiger partial charge in [0.25, 0.3) is 5.91 Å². The van der Waals surface area contributed by atoms with Crippen LogP contribution in [0.4, 0.5) is 4.79 Å². The van der Waals surface area contributed by atoms with Gasteiger partial charge in [0.15, 0.2) is 0 Å². The first kappa shape index (κ1) is 23.3. The van der Waals surface area contributed by atoms with Crippen molar-refractivity contribution >= 4 is 23.9 Å². The van der Waals surface area contributed by atoms with Gasteiger partial charge in [0.2, 0.25) is 6.04 Å². The molecule has 178 valence electrons. The molecule has 0 spiro atoms. The molecule has 1 fully saturated rings. The number of amides is 2. The SMILES string of the molecule is CCOC(=O)C(NC(=O)OCC1c2ccccc2-c2ccccc21)C(=O)N1CCCC1C(=O)O. The molecule has 0 bridgehead atoms. The van der Waals surface area contributed by atoms with Crippen molar-refractivity contribution in [1.82, 2.24) is 10.2 Å². The molecule has 2 unspecified atom stereocenters. The highest BCUT2D eigenvalue weighted by atomic mass is 16.6. The third-order valence-electron chi connectivity index (χ3n) is 6.20. The van der Waals surface area contributed by atoms with Gasteiger partial charge in [-0.15, -0.1) is 0 Å². The third kappa shape index (κ3) is 4.46. The van der Waals surface area contributed by atoms with Crippen LogP contribution in [-0.2, 0) is 23.9 Å². The highest BCUT2D eigenvalue weighted by Crippen LogP contribution is 2.44. The van der Waals surface area contributed by atoms with Gasteiger partial charge in [0, 0.05) is 12.5 Å². The molecule has 0 saturated carbocycles. The van der Waals surface area contributed by atoms with Crippen LogP contribution in [0.3, 0.4) is 0 Å². The lowest BCUT2D eigenvalue weighted by Crippen LogP contribution is -2.55. The standard InChI is InChI=1S/C25H26N2O7/c1-2-33-24(31)21(22(28)27-13-7-12-20(27)23(29)30)26-25(32)34-14-19-17-10-5-3-8-15(17)16-9-4-6-11-18(16)19/h3-6,8-11,19-21H,2,7,12-14H2,1H3,(H,26,32)(H,29,30). The van der Waals surface area contributed by atoms with Gasteiger partial charge in [-0.2, -0.15) is 0 Å². The predicted octanol–water partition coefficient (Wildman–Crippen LogP) is 2.53. The number of likely N-dealkylation sites (tertiary alicyclic amines) is 1. The van der Waals surface area contributed by atoms with Crippen LogP contribution >= 0.6 is 0 Å². The number of hydrogen-bond donors (Lipinski definition) is 2. The number of esters is 1. The molecule has 0 radical (unpaired) electrons. The van der Waals surface area contributed by atoms with Crippen molar-refractivity contribution in [2.45, 2.75) is 37.8 Å². The molecule has 34 heavy (non-hydrogen) atoms. The number of alkyl carbamates (subject to hydrolysis) is 1. The summed E-state index contributed by atoms with van der Waals surface area (Å²) in [6, 6.07) is 13.0. The predicted molar refractivity (Wildman–Crippen MR) is 121 cm³/mol. The van der Waals surface area contributed by atoms with E-state index < -0.39 is 36.0 Å². The van der Waals surface area contributed by atoms with Gasteiger partial charge in [-0.25, -0.2) is 14.4 Å². The Morgan fingerprint density at radius 1 is 1.03 bits per heavy atom. The zero-order valence-corrected chi connectivity index (χ0v) is 18.7. The van der Waals surface area contributed by atoms with Crippen LogP contribution in [0.15, 0.2) is 48.5 Å². The summed E-state index contributed by atoms with van der Waals surface area (Å²) in [7, 11) is 0. The van der Waals surface area contributed by atoms with E-state index in [1.807, 2.05) is 48.5 Å². The lowest BCUT2D eigenvalue weighted by atomic mass is 9.98. The highest BCUT2D eigenvalue weighted by molar-refractivity contribution is 6.05. The quantitative estimate of drug-likeness (QED) is 0.475. The summed E-state index contributed by atoms with van der Waals surface area (Å²) in [4.78, 5) is 50.7. The van der Waals surface area contributed by atoms with Crippen molar-refractivity contribution in [1.29, 1.82) is 0 Å². The normalized spacial score (nSPS) is 17.4. The van der Waals surface area contributed by atoms with E-state index in [1.54, 1.807) is 6.92 Å². The summed E-state index contributed by atoms with van der Waals surface area (Å²) in [5.41, 5.74) is 4.19. The summed E-state index contributed by atoms with van der Waals surface area (Å²) >= 11 is 0. The molecule has 1 aliphatic heterocycles. The Morgan fingerprint density at radius 2 is 1.65 bits per heavy atom. The molecule has 2 aliphatic rings. The molecular formula is C25H26N2O7. The highest BCUT2D eigenvalue weighted by Gasteiger charge is 2.41. The van der Waals surface area contributed by atoms with E-state index in [0.717, 1.165) is 27.2 Å². The number of benzene rings is 2. The number of carbonyl (C=O) groups excluding carboxylic acids is 3. The summed E-state index contributed by atoms with van der Waals surface area (Å²) in [5, 5.41) is 11.7. The first-order valence-electron chi connectivity index (χ1n) is 11.2. The van der Waals surface area contributed by atoms with Crippen molar-refractivity contribution in [3.05, 3.63) is 59.7 Å². The number of fused-ring (bicyclic) bond motifs is 3. The van der Waals surface area contributed by atoms with Crippen molar-refractivity contribution < 1.29 is 33.8 Å². The molecule has 4 rings (SSSR count). The average molecular weight is 466 g/mol. The van der Waals surface area contributed by atoms with Gasteiger partial charge in [-0.05, 0) is 42.0 Å². The maximum Gasteiger partial charge on any atom is 0.408 e. The Kier molecular flexibility index (Phi) is 6.81. The molecule has 0 aromatic heterocycles. The maximum absolute atomic E-state index is 13.0. The first-order chi connectivity index (χ1) is 16.4. The molecule has 2 atom stereocenters. The summed E-state index contributed by atoms with van der Waals surface area (Å²) in [5.74, 6) is -3.13. The number of nitrogens with one attached hydrogen (secondary N) is 1. The maximum atomic E-state index is 13.0. The number of carboxylic acids is 1. The van der Waals surface area contributed by atoms with Crippen LogP contribution in [0.5, 0.6) is 0 Å². The Labute approximate surface area is 196 Å². The van der Waals surface area contributed by atoms with Gasteiger partial charge >= 0.3 is 18.0 Å². The zero-order valence-electron chi connectivity index (χ0n) is 18.7. The van der Waals surface area contributed by atoms with E-state index in [2.05, 4.69) is 5.32 Å². The topological polar surface area (TPSA) is 122 Å². The largest absolute Gasteiger partial charge is 0.480 e. The van der Waals surface area contributed by atoms with Crippen LogP contribution in [0, 0.1) is 0 Å². The Bertz CT molecular complexity index is 1070. The second-order valence-electron chi connectivity index (χ2n) is 8.18. The third-order valence-corrected chi connectivity index (χ3v) is 6.20. The molecule has 9 heteroatoms. The first-order valence-corrected chi connectivity index (χ1v) is 11.2. The number of rotatable bonds is 7. The molecular weight excluding hydrogens is 440 g/mol. The van der Waals surface area contributed by atoms with E-state index in [9.17, 15) is 24.3 Å². The van der Waals surface area contributed by atoms with Crippen LogP contribution in [0.2, 0.25) is 0 Å². The van der Waals surface area contributed by atoms with Crippen LogP contribution in [0.25, 0.3) is 11.1 Å². The molecule has 1 aliphatic carbocycles. The van der Waals surface area contributed by atoms with E-state index in [-0.39, 0.29) is 32.1 Å². The lowest BCUT2D eigenvalue weighted by molar-refractivity contribution is -0.156. The van der Waals surface area contributed by atoms with Crippen molar-refractivity contribution in [3.63, 3.8) is 0 Å². The Hall–Kier alpha value is -3.88. The van der Waals surface area contributed by atoms with E-state index in [1.165, 1.54) is 0 Å². The minimum Gasteiger partial charge on any atom is -0.480 e. The number of ether oxygens (including phenoxy) is 2. The van der Waals surface area contributed by atoms with Crippen molar-refractivity contribution in [3.8, 4) is 11.1 Å². The van der Waals surface area contributed by atoms with Crippen molar-refractivity contribution in [2.24, 2.45) is 0 Å². The van der Waals surface area contributed by atoms with Gasteiger partial charge in [0.1, 0.15) is 12.6 Å². The number of carboxylic acid groups (broad SMARTS) is 1. The minimum absolute atomic E-state index is 0.00264. The average Bonchev–Trinajstić information content (AvgIpc) is 3.44. The van der Waals surface area contributed by atoms with Gasteiger partial charge in [-0.1, -0.05) is 48.5 Å². The van der Waals surface area contributed by atoms with E-state index >= 15 is 0 Å². The number of carbonyl (C=O) groups is 4. The smallest absolute Gasteiger partial charge is 0.408 e. The summed E-state index contributed by atoms with van der Waals surface area (Å²) in [6.07, 6.45) is -0.190. The summed E-state index contributed by atoms with van der Waals surface area (Å²) < 4.78 is 10.4. The van der Waals surface area contributed by atoms with E-state index in [4.69, 9.17) is 9.47 Å². The summed E-state index contributed by atoms with van der Waals surface area (Å²) in [6.45, 7) is 1.75. The fourth-order valence-corrected chi connectivity index (χ4v) is 4.66. The lowest BCUT2D eigenvalue weighted by Gasteiger charge is -2.26. The van der Waals surface area contributed by atoms with Crippen LogP contribution in [0.1, 0.15) is 36.8 Å². The fraction of sp³-hybridized carbons (Fsp3) is 0.360. The van der Waals surface area contributed by atoms with Crippen LogP contribution < -0.4 is 5.32 Å². The second-order valence-corrected chi connectivity index (χ2v) is 8.18. The Balaban J connectivity index is 1.47. The number of hydrogen-bond acceptors (Lipinski definition) is 6. The van der Waals surface area contributed by atoms with Gasteiger partial charge < -0.3 is 19.5 Å². The molecule has 2 aromatic rings. The molecule has 2 aromatic carbocycles. The molecule has 9 nitrogen and oxygen atoms in total. The number of aliphatic carboxylic acids is 1. The minimum atomic E-state index is -1.68. The second kappa shape index (κ2) is 9.94.